The topological polar surface area (TPSA) is 20.2 Å². The Morgan fingerprint density at radius 2 is 1.64 bits per heavy atom. The van der Waals surface area contributed by atoms with Crippen LogP contribution in [0.15, 0.2) is 24.3 Å². The van der Waals surface area contributed by atoms with Gasteiger partial charge in [-0.05, 0) is 11.0 Å². The monoisotopic (exact) mass is 246 g/mol. The van der Waals surface area contributed by atoms with Crippen LogP contribution in [0.3, 0.4) is 0 Å². The molecule has 0 radical (unpaired) electrons. The maximum absolute atomic E-state index is 9.57. The molecule has 0 aromatic heterocycles. The maximum atomic E-state index is 9.57. The highest BCUT2D eigenvalue weighted by Crippen LogP contribution is 2.44. The van der Waals surface area contributed by atoms with Crippen LogP contribution in [-0.2, 0) is 17.2 Å². The normalized spacial score (nSPS) is 16.4. The van der Waals surface area contributed by atoms with Gasteiger partial charge in [0.15, 0.2) is 0 Å². The Kier molecular flexibility index (Phi) is 3.48. The molecule has 1 rings (SSSR count). The van der Waals surface area contributed by atoms with E-state index in [1.807, 2.05) is 24.3 Å². The molecular formula is C10H15OPS2. The van der Waals surface area contributed by atoms with Gasteiger partial charge in [0.25, 0.3) is 0 Å². The van der Waals surface area contributed by atoms with E-state index in [9.17, 15) is 4.89 Å². The van der Waals surface area contributed by atoms with Crippen LogP contribution in [0.4, 0.5) is 0 Å². The lowest BCUT2D eigenvalue weighted by Gasteiger charge is -2.19. The van der Waals surface area contributed by atoms with Crippen LogP contribution in [0.2, 0.25) is 0 Å². The predicted octanol–water partition coefficient (Wildman–Crippen LogP) is 2.84. The fourth-order valence-corrected chi connectivity index (χ4v) is 2.46. The Balaban J connectivity index is 3.08. The van der Waals surface area contributed by atoms with Gasteiger partial charge in [-0.2, -0.15) is 0 Å². The van der Waals surface area contributed by atoms with Crippen molar-refractivity contribution >= 4 is 34.8 Å². The molecule has 0 spiro atoms. The smallest absolute Gasteiger partial charge is 0.143 e. The molecule has 0 amide bonds. The predicted molar refractivity (Wildman–Crippen MR) is 70.3 cm³/mol. The highest BCUT2D eigenvalue weighted by molar-refractivity contribution is 8.63. The van der Waals surface area contributed by atoms with E-state index in [4.69, 9.17) is 11.8 Å². The summed E-state index contributed by atoms with van der Waals surface area (Å²) in [7, 11) is 0. The van der Waals surface area contributed by atoms with Crippen LogP contribution in [-0.4, -0.2) is 4.89 Å². The first-order valence-electron chi connectivity index (χ1n) is 4.38. The summed E-state index contributed by atoms with van der Waals surface area (Å²) < 4.78 is 0. The molecule has 14 heavy (non-hydrogen) atoms. The van der Waals surface area contributed by atoms with E-state index in [2.05, 4.69) is 33.0 Å². The number of thiol groups is 1. The molecule has 78 valence electrons. The highest BCUT2D eigenvalue weighted by atomic mass is 32.9. The van der Waals surface area contributed by atoms with Gasteiger partial charge in [0.1, 0.15) is 5.47 Å². The summed E-state index contributed by atoms with van der Waals surface area (Å²) in [5.41, 5.74) is -1.20. The molecule has 0 bridgehead atoms. The summed E-state index contributed by atoms with van der Waals surface area (Å²) in [4.78, 5) is 9.57. The van der Waals surface area contributed by atoms with E-state index in [1.165, 1.54) is 5.56 Å². The fraction of sp³-hybridized carbons (Fsp3) is 0.400. The second kappa shape index (κ2) is 3.97. The average molecular weight is 246 g/mol. The number of hydrogen-bond donors (Lipinski definition) is 2. The molecule has 1 nitrogen and oxygen atoms in total. The Bertz CT molecular complexity index is 359. The first-order valence-corrected chi connectivity index (χ1v) is 8.29. The van der Waals surface area contributed by atoms with Crippen molar-refractivity contribution in [3.8, 4) is 0 Å². The standard InChI is InChI=1S/C10H15OPS2/c1-10(2,3)8-4-6-9(7-5-8)12(11,13)14/h4-7H,1-3H3,(H2,11,13,14). The fourth-order valence-electron chi connectivity index (χ4n) is 1.16. The van der Waals surface area contributed by atoms with E-state index < -0.39 is 5.47 Å². The third-order valence-electron chi connectivity index (χ3n) is 2.07. The SMILES string of the molecule is CC(C)(C)c1ccc(P(O)(=S)S)cc1. The maximum Gasteiger partial charge on any atom is 0.143 e. The Morgan fingerprint density at radius 1 is 1.21 bits per heavy atom. The molecule has 0 aliphatic carbocycles. The van der Waals surface area contributed by atoms with Gasteiger partial charge in [0.2, 0.25) is 0 Å². The number of benzene rings is 1. The zero-order valence-corrected chi connectivity index (χ0v) is 11.2. The zero-order chi connectivity index (χ0) is 11.0. The van der Waals surface area contributed by atoms with E-state index >= 15 is 0 Å². The molecular weight excluding hydrogens is 231 g/mol. The van der Waals surface area contributed by atoms with E-state index in [1.54, 1.807) is 0 Å². The lowest BCUT2D eigenvalue weighted by molar-refractivity contribution is 0.590. The van der Waals surface area contributed by atoms with Crippen LogP contribution in [0.25, 0.3) is 0 Å². The van der Waals surface area contributed by atoms with Crippen molar-refractivity contribution < 1.29 is 4.89 Å². The number of hydrogen-bond acceptors (Lipinski definition) is 1. The second-order valence-electron chi connectivity index (χ2n) is 4.34. The summed E-state index contributed by atoms with van der Waals surface area (Å²) >= 11 is 8.95. The van der Waals surface area contributed by atoms with Crippen molar-refractivity contribution in [2.24, 2.45) is 0 Å². The Labute approximate surface area is 95.8 Å². The minimum atomic E-state index is -2.56. The van der Waals surface area contributed by atoms with Crippen molar-refractivity contribution in [1.29, 1.82) is 0 Å². The molecule has 1 aromatic carbocycles. The van der Waals surface area contributed by atoms with Gasteiger partial charge in [-0.25, -0.2) is 0 Å². The summed E-state index contributed by atoms with van der Waals surface area (Å²) in [6, 6.07) is 7.74. The molecule has 0 aliphatic rings. The van der Waals surface area contributed by atoms with Gasteiger partial charge in [-0.1, -0.05) is 56.8 Å². The van der Waals surface area contributed by atoms with Crippen LogP contribution in [0.5, 0.6) is 0 Å². The van der Waals surface area contributed by atoms with Crippen molar-refractivity contribution in [1.82, 2.24) is 0 Å². The Hall–Kier alpha value is 0.180. The van der Waals surface area contributed by atoms with Crippen LogP contribution in [0.1, 0.15) is 26.3 Å². The van der Waals surface area contributed by atoms with Crippen LogP contribution in [0, 0.1) is 0 Å². The summed E-state index contributed by atoms with van der Waals surface area (Å²) in [5.74, 6) is 0. The van der Waals surface area contributed by atoms with Crippen molar-refractivity contribution in [3.63, 3.8) is 0 Å². The van der Waals surface area contributed by atoms with Gasteiger partial charge in [0, 0.05) is 5.30 Å². The highest BCUT2D eigenvalue weighted by Gasteiger charge is 2.15. The van der Waals surface area contributed by atoms with Crippen molar-refractivity contribution in [2.75, 3.05) is 0 Å². The van der Waals surface area contributed by atoms with Crippen molar-refractivity contribution in [2.45, 2.75) is 26.2 Å². The molecule has 0 saturated heterocycles. The summed E-state index contributed by atoms with van der Waals surface area (Å²) in [5, 5.41) is 0.754. The third-order valence-corrected chi connectivity index (χ3v) is 4.37. The molecule has 1 unspecified atom stereocenters. The molecule has 0 heterocycles. The van der Waals surface area contributed by atoms with Gasteiger partial charge in [-0.3, -0.25) is 0 Å². The molecule has 4 heteroatoms. The molecule has 0 fully saturated rings. The molecule has 1 atom stereocenters. The third kappa shape index (κ3) is 3.09. The second-order valence-corrected chi connectivity index (χ2v) is 10.1. The Morgan fingerprint density at radius 3 is 1.93 bits per heavy atom. The molecule has 1 N–H and O–H groups in total. The van der Waals surface area contributed by atoms with E-state index in [0.717, 1.165) is 5.30 Å². The van der Waals surface area contributed by atoms with Gasteiger partial charge < -0.3 is 4.89 Å². The quantitative estimate of drug-likeness (QED) is 0.587. The zero-order valence-electron chi connectivity index (χ0n) is 8.56. The first-order chi connectivity index (χ1) is 6.21. The lowest BCUT2D eigenvalue weighted by Crippen LogP contribution is -2.12. The van der Waals surface area contributed by atoms with Gasteiger partial charge in [-0.15, -0.1) is 12.2 Å². The largest absolute Gasteiger partial charge is 0.354 e. The average Bonchev–Trinajstić information content (AvgIpc) is 2.01. The minimum absolute atomic E-state index is 0.132. The minimum Gasteiger partial charge on any atom is -0.354 e. The summed E-state index contributed by atoms with van der Waals surface area (Å²) in [6.07, 6.45) is 0. The molecule has 0 saturated carbocycles. The van der Waals surface area contributed by atoms with Crippen LogP contribution >= 0.6 is 17.7 Å². The molecule has 1 aromatic rings. The lowest BCUT2D eigenvalue weighted by atomic mass is 9.87. The van der Waals surface area contributed by atoms with Crippen LogP contribution < -0.4 is 5.30 Å². The van der Waals surface area contributed by atoms with Gasteiger partial charge >= 0.3 is 0 Å². The number of rotatable bonds is 1. The molecule has 0 aliphatic heterocycles. The summed E-state index contributed by atoms with van der Waals surface area (Å²) in [6.45, 7) is 6.45. The van der Waals surface area contributed by atoms with Crippen molar-refractivity contribution in [3.05, 3.63) is 29.8 Å². The van der Waals surface area contributed by atoms with E-state index in [-0.39, 0.29) is 5.41 Å². The van der Waals surface area contributed by atoms with E-state index in [0.29, 0.717) is 0 Å². The van der Waals surface area contributed by atoms with Gasteiger partial charge in [0.05, 0.1) is 0 Å². The first kappa shape index (κ1) is 12.3.